The minimum atomic E-state index is 0.106. The molecule has 35 heavy (non-hydrogen) atoms. The molecule has 0 N–H and O–H groups in total. The average Bonchev–Trinajstić information content (AvgIpc) is 3.33. The maximum Gasteiger partial charge on any atom is 0.0541 e. The van der Waals surface area contributed by atoms with E-state index in [4.69, 9.17) is 0 Å². The molecule has 0 spiro atoms. The zero-order chi connectivity index (χ0) is 23.7. The highest BCUT2D eigenvalue weighted by molar-refractivity contribution is 6.10. The summed E-state index contributed by atoms with van der Waals surface area (Å²) in [6.07, 6.45) is 9.20. The summed E-state index contributed by atoms with van der Waals surface area (Å²) in [6.45, 7) is 6.95. The van der Waals surface area contributed by atoms with E-state index in [1.807, 2.05) is 0 Å². The highest BCUT2D eigenvalue weighted by Gasteiger charge is 2.44. The number of aromatic nitrogens is 1. The van der Waals surface area contributed by atoms with E-state index < -0.39 is 0 Å². The Morgan fingerprint density at radius 2 is 1.43 bits per heavy atom. The number of rotatable bonds is 2. The molecule has 170 valence electrons. The lowest BCUT2D eigenvalue weighted by atomic mass is 9.74. The second kappa shape index (κ2) is 7.33. The molecular weight excluding hydrogens is 422 g/mol. The summed E-state index contributed by atoms with van der Waals surface area (Å²) in [6, 6.07) is 31.7. The molecule has 1 heteroatoms. The Morgan fingerprint density at radius 1 is 0.686 bits per heavy atom. The van der Waals surface area contributed by atoms with Gasteiger partial charge in [0.15, 0.2) is 0 Å². The largest absolute Gasteiger partial charge is 0.309 e. The summed E-state index contributed by atoms with van der Waals surface area (Å²) in [5.41, 5.74) is 10.6. The predicted molar refractivity (Wildman–Crippen MR) is 148 cm³/mol. The van der Waals surface area contributed by atoms with Crippen LogP contribution in [-0.2, 0) is 5.41 Å². The molecule has 1 nitrogen and oxygen atoms in total. The first-order valence-electron chi connectivity index (χ1n) is 12.6. The Bertz CT molecular complexity index is 1670. The van der Waals surface area contributed by atoms with Crippen molar-refractivity contribution >= 4 is 21.8 Å². The second-order valence-corrected chi connectivity index (χ2v) is 10.8. The van der Waals surface area contributed by atoms with Crippen LogP contribution >= 0.6 is 0 Å². The molecule has 4 aromatic carbocycles. The van der Waals surface area contributed by atoms with Gasteiger partial charge in [0.1, 0.15) is 0 Å². The molecule has 0 aliphatic heterocycles. The van der Waals surface area contributed by atoms with Crippen LogP contribution in [0.25, 0.3) is 38.6 Å². The van der Waals surface area contributed by atoms with Gasteiger partial charge in [-0.2, -0.15) is 0 Å². The third kappa shape index (κ3) is 2.94. The van der Waals surface area contributed by atoms with Crippen LogP contribution in [0.3, 0.4) is 0 Å². The molecule has 2 atom stereocenters. The Kier molecular flexibility index (Phi) is 4.30. The number of hydrogen-bond acceptors (Lipinski definition) is 0. The topological polar surface area (TPSA) is 4.93 Å². The van der Waals surface area contributed by atoms with Crippen LogP contribution in [0.15, 0.2) is 109 Å². The van der Waals surface area contributed by atoms with Gasteiger partial charge in [-0.15, -0.1) is 0 Å². The molecule has 2 aliphatic carbocycles. The van der Waals surface area contributed by atoms with Crippen LogP contribution in [0.2, 0.25) is 0 Å². The molecule has 0 saturated carbocycles. The van der Waals surface area contributed by atoms with Gasteiger partial charge in [-0.05, 0) is 70.8 Å². The summed E-state index contributed by atoms with van der Waals surface area (Å²) in [7, 11) is 0. The lowest BCUT2D eigenvalue weighted by Crippen LogP contribution is -2.24. The number of para-hydroxylation sites is 1. The normalized spacial score (nSPS) is 19.9. The number of allylic oxidation sites excluding steroid dienone is 4. The zero-order valence-electron chi connectivity index (χ0n) is 20.5. The van der Waals surface area contributed by atoms with E-state index in [9.17, 15) is 0 Å². The molecule has 0 fully saturated rings. The molecule has 2 unspecified atom stereocenters. The first-order chi connectivity index (χ1) is 17.0. The van der Waals surface area contributed by atoms with Crippen LogP contribution < -0.4 is 0 Å². The van der Waals surface area contributed by atoms with E-state index in [-0.39, 0.29) is 5.41 Å². The number of hydrogen-bond donors (Lipinski definition) is 0. The van der Waals surface area contributed by atoms with Crippen LogP contribution in [0, 0.1) is 12.8 Å². The molecule has 5 aromatic rings. The summed E-state index contributed by atoms with van der Waals surface area (Å²) in [5, 5.41) is 2.61. The van der Waals surface area contributed by atoms with Gasteiger partial charge < -0.3 is 4.57 Å². The van der Waals surface area contributed by atoms with Crippen molar-refractivity contribution in [1.29, 1.82) is 0 Å². The third-order valence-electron chi connectivity index (χ3n) is 8.37. The lowest BCUT2D eigenvalue weighted by Gasteiger charge is -2.29. The number of nitrogens with zero attached hydrogens (tertiary/aromatic N) is 1. The summed E-state index contributed by atoms with van der Waals surface area (Å²) < 4.78 is 2.45. The molecule has 1 aromatic heterocycles. The summed E-state index contributed by atoms with van der Waals surface area (Å²) in [5.74, 6) is 1.00. The van der Waals surface area contributed by atoms with Crippen molar-refractivity contribution in [2.45, 2.75) is 32.1 Å². The number of fused-ring (bicyclic) bond motifs is 6. The van der Waals surface area contributed by atoms with Gasteiger partial charge in [0, 0.05) is 22.4 Å². The molecule has 0 bridgehead atoms. The Hall–Kier alpha value is -3.84. The van der Waals surface area contributed by atoms with E-state index in [1.54, 1.807) is 0 Å². The van der Waals surface area contributed by atoms with Crippen LogP contribution in [0.5, 0.6) is 0 Å². The Morgan fingerprint density at radius 3 is 2.29 bits per heavy atom. The van der Waals surface area contributed by atoms with Crippen molar-refractivity contribution in [3.63, 3.8) is 0 Å². The number of benzene rings is 4. The van der Waals surface area contributed by atoms with E-state index >= 15 is 0 Å². The molecule has 1 heterocycles. The second-order valence-electron chi connectivity index (χ2n) is 10.8. The summed E-state index contributed by atoms with van der Waals surface area (Å²) >= 11 is 0. The molecule has 2 aliphatic rings. The summed E-state index contributed by atoms with van der Waals surface area (Å²) in [4.78, 5) is 0. The van der Waals surface area contributed by atoms with Gasteiger partial charge in [-0.3, -0.25) is 0 Å². The van der Waals surface area contributed by atoms with Crippen molar-refractivity contribution in [3.8, 4) is 16.8 Å². The van der Waals surface area contributed by atoms with Crippen LogP contribution in [-0.4, -0.2) is 4.57 Å². The molecule has 7 rings (SSSR count). The van der Waals surface area contributed by atoms with Gasteiger partial charge in [0.2, 0.25) is 0 Å². The van der Waals surface area contributed by atoms with E-state index in [2.05, 4.69) is 135 Å². The maximum atomic E-state index is 2.45. The third-order valence-corrected chi connectivity index (χ3v) is 8.37. The van der Waals surface area contributed by atoms with Crippen molar-refractivity contribution in [2.75, 3.05) is 0 Å². The molecule has 0 radical (unpaired) electrons. The molecule has 0 saturated heterocycles. The van der Waals surface area contributed by atoms with Gasteiger partial charge in [-0.25, -0.2) is 0 Å². The maximum absolute atomic E-state index is 2.45. The minimum Gasteiger partial charge on any atom is -0.309 e. The van der Waals surface area contributed by atoms with E-state index in [0.717, 1.165) is 0 Å². The first-order valence-corrected chi connectivity index (χ1v) is 12.6. The van der Waals surface area contributed by atoms with Crippen LogP contribution in [0.1, 0.15) is 36.5 Å². The fraction of sp³-hybridized carbons (Fsp3) is 0.176. The minimum absolute atomic E-state index is 0.106. The highest BCUT2D eigenvalue weighted by atomic mass is 15.0. The number of aryl methyl sites for hydroxylation is 1. The van der Waals surface area contributed by atoms with Crippen molar-refractivity contribution < 1.29 is 0 Å². The fourth-order valence-corrected chi connectivity index (χ4v) is 6.48. The first kappa shape index (κ1) is 20.5. The Balaban J connectivity index is 1.45. The van der Waals surface area contributed by atoms with Gasteiger partial charge in [-0.1, -0.05) is 98.3 Å². The SMILES string of the molecule is Cc1ccc(-c2ccc3c(c2)c2ccccc2n3-c2ccc3c(c2)C(C)(C)C2C=CC=CC32)cc1. The molecular formula is C34H29N. The Labute approximate surface area is 207 Å². The fourth-order valence-electron chi connectivity index (χ4n) is 6.48. The van der Waals surface area contributed by atoms with E-state index in [1.165, 1.54) is 55.3 Å². The average molecular weight is 452 g/mol. The standard InChI is InChI=1S/C34H29N/c1-22-12-14-23(15-13-22)24-16-19-33-29(20-24)28-9-5-7-11-32(28)35(33)25-17-18-27-26-8-4-6-10-30(26)34(2,3)31(27)21-25/h4-21,26,30H,1-3H3. The quantitative estimate of drug-likeness (QED) is 0.252. The van der Waals surface area contributed by atoms with Crippen molar-refractivity contribution in [3.05, 3.63) is 126 Å². The van der Waals surface area contributed by atoms with E-state index in [0.29, 0.717) is 11.8 Å². The van der Waals surface area contributed by atoms with Crippen molar-refractivity contribution in [2.24, 2.45) is 5.92 Å². The lowest BCUT2D eigenvalue weighted by molar-refractivity contribution is 0.394. The van der Waals surface area contributed by atoms with Gasteiger partial charge in [0.05, 0.1) is 11.0 Å². The van der Waals surface area contributed by atoms with Gasteiger partial charge in [0.25, 0.3) is 0 Å². The zero-order valence-corrected chi connectivity index (χ0v) is 20.5. The van der Waals surface area contributed by atoms with Crippen LogP contribution in [0.4, 0.5) is 0 Å². The molecule has 0 amide bonds. The van der Waals surface area contributed by atoms with Gasteiger partial charge >= 0.3 is 0 Å². The van der Waals surface area contributed by atoms with Crippen molar-refractivity contribution in [1.82, 2.24) is 4.57 Å². The monoisotopic (exact) mass is 451 g/mol. The smallest absolute Gasteiger partial charge is 0.0541 e. The highest BCUT2D eigenvalue weighted by Crippen LogP contribution is 2.53. The predicted octanol–water partition coefficient (Wildman–Crippen LogP) is 8.88.